The van der Waals surface area contributed by atoms with Gasteiger partial charge in [-0.05, 0) is 48.2 Å². The van der Waals surface area contributed by atoms with E-state index in [9.17, 15) is 27.3 Å². The molecule has 0 saturated carbocycles. The fraction of sp³-hybridized carbons (Fsp3) is 0.375. The van der Waals surface area contributed by atoms with Gasteiger partial charge in [-0.1, -0.05) is 50.2 Å². The van der Waals surface area contributed by atoms with Crippen molar-refractivity contribution < 1.29 is 41.0 Å². The molecule has 0 spiro atoms. The number of hydrogen-bond donors (Lipinski definition) is 3. The number of amides is 3. The fourth-order valence-electron chi connectivity index (χ4n) is 5.40. The minimum Gasteiger partial charge on any atom is -0.454 e. The quantitative estimate of drug-likeness (QED) is 0.231. The van der Waals surface area contributed by atoms with Crippen molar-refractivity contribution in [1.82, 2.24) is 14.9 Å². The zero-order chi connectivity index (χ0) is 33.7. The Hall–Kier alpha value is -4.02. The number of nitrogens with one attached hydrogen (secondary N) is 2. The number of ether oxygens (including phenoxy) is 2. The maximum atomic E-state index is 13.9. The third-order valence-corrected chi connectivity index (χ3v) is 10.5. The van der Waals surface area contributed by atoms with Crippen LogP contribution in [0.3, 0.4) is 0 Å². The highest BCUT2D eigenvalue weighted by Crippen LogP contribution is 2.35. The molecule has 2 aliphatic rings. The van der Waals surface area contributed by atoms with E-state index in [1.807, 2.05) is 44.2 Å². The van der Waals surface area contributed by atoms with Crippen molar-refractivity contribution in [2.45, 2.75) is 48.2 Å². The first-order chi connectivity index (χ1) is 22.5. The van der Waals surface area contributed by atoms with Crippen LogP contribution in [0, 0.1) is 5.92 Å². The van der Waals surface area contributed by atoms with Crippen molar-refractivity contribution in [3.05, 3.63) is 78.4 Å². The first-order valence-electron chi connectivity index (χ1n) is 15.0. The lowest BCUT2D eigenvalue weighted by molar-refractivity contribution is -0.124. The van der Waals surface area contributed by atoms with E-state index >= 15 is 0 Å². The Morgan fingerprint density at radius 1 is 1.09 bits per heavy atom. The second-order valence-electron chi connectivity index (χ2n) is 11.6. The van der Waals surface area contributed by atoms with Gasteiger partial charge in [0.15, 0.2) is 22.6 Å². The Labute approximate surface area is 276 Å². The van der Waals surface area contributed by atoms with Crippen LogP contribution in [0.1, 0.15) is 19.4 Å². The van der Waals surface area contributed by atoms with Crippen molar-refractivity contribution >= 4 is 38.7 Å². The molecule has 1 fully saturated rings. The first kappa shape index (κ1) is 34.3. The molecule has 5 rings (SSSR count). The summed E-state index contributed by atoms with van der Waals surface area (Å²) in [6, 6.07) is 17.6. The summed E-state index contributed by atoms with van der Waals surface area (Å²) in [7, 11) is -2.78. The van der Waals surface area contributed by atoms with Crippen LogP contribution in [0.2, 0.25) is 0 Å². The van der Waals surface area contributed by atoms with E-state index < -0.39 is 51.2 Å². The highest BCUT2D eigenvalue weighted by atomic mass is 32.2. The third-order valence-electron chi connectivity index (χ3n) is 7.73. The lowest BCUT2D eigenvalue weighted by atomic mass is 10.0. The number of urea groups is 1. The molecule has 3 aromatic carbocycles. The molecule has 13 nitrogen and oxygen atoms in total. The van der Waals surface area contributed by atoms with Gasteiger partial charge in [0.1, 0.15) is 6.04 Å². The minimum absolute atomic E-state index is 0.00551. The normalized spacial score (nSPS) is 17.9. The van der Waals surface area contributed by atoms with Gasteiger partial charge in [-0.15, -0.1) is 0 Å². The van der Waals surface area contributed by atoms with Crippen LogP contribution in [-0.4, -0.2) is 85.7 Å². The largest absolute Gasteiger partial charge is 0.454 e. The Kier molecular flexibility index (Phi) is 10.8. The summed E-state index contributed by atoms with van der Waals surface area (Å²) in [5.41, 5.74) is 1.24. The number of carbonyl (C=O) groups excluding carboxylic acids is 2. The zero-order valence-corrected chi connectivity index (χ0v) is 27.8. The molecule has 4 atom stereocenters. The van der Waals surface area contributed by atoms with Gasteiger partial charge >= 0.3 is 6.03 Å². The molecule has 0 radical (unpaired) electrons. The molecular weight excluding hydrogens is 649 g/mol. The predicted molar refractivity (Wildman–Crippen MR) is 174 cm³/mol. The van der Waals surface area contributed by atoms with Gasteiger partial charge in [0, 0.05) is 24.8 Å². The smallest absolute Gasteiger partial charge is 0.322 e. The molecule has 3 amide bonds. The van der Waals surface area contributed by atoms with Crippen molar-refractivity contribution in [2.75, 3.05) is 38.4 Å². The number of fused-ring (bicyclic) bond motifs is 1. The van der Waals surface area contributed by atoms with Crippen LogP contribution in [0.25, 0.3) is 0 Å². The minimum atomic E-state index is -4.09. The van der Waals surface area contributed by atoms with Crippen molar-refractivity contribution in [3.8, 4) is 11.5 Å². The summed E-state index contributed by atoms with van der Waals surface area (Å²) in [5, 5.41) is 17.1. The molecule has 2 aliphatic heterocycles. The Morgan fingerprint density at radius 2 is 1.83 bits per heavy atom. The summed E-state index contributed by atoms with van der Waals surface area (Å²) in [6.45, 7) is 3.51. The van der Waals surface area contributed by atoms with Gasteiger partial charge in [-0.3, -0.25) is 13.9 Å². The second-order valence-corrected chi connectivity index (χ2v) is 14.8. The van der Waals surface area contributed by atoms with Crippen molar-refractivity contribution in [2.24, 2.45) is 5.92 Å². The summed E-state index contributed by atoms with van der Waals surface area (Å²) in [6.07, 6.45) is -1.13. The molecule has 0 aliphatic carbocycles. The van der Waals surface area contributed by atoms with Gasteiger partial charge in [-0.2, -0.15) is 4.31 Å². The Balaban J connectivity index is 1.35. The number of benzene rings is 3. The van der Waals surface area contributed by atoms with E-state index in [0.29, 0.717) is 22.1 Å². The van der Waals surface area contributed by atoms with Crippen LogP contribution >= 0.6 is 0 Å². The maximum absolute atomic E-state index is 13.9. The number of hydrogen-bond acceptors (Lipinski definition) is 9. The predicted octanol–water partition coefficient (Wildman–Crippen LogP) is 2.42. The molecule has 0 bridgehead atoms. The van der Waals surface area contributed by atoms with Crippen molar-refractivity contribution in [1.29, 1.82) is 0 Å². The standard InChI is InChI=1S/C32H38N4O9S2/c1-21(2)17-35(47(41,42)25-12-13-29-30(16-25)45-20-44-29)19-28(37)26(14-22-8-5-4-6-9-22)33-31(38)27-18-36(32(39)34-27)23-10-7-11-24(15-23)46(40)43-3/h4-13,15-16,21,26-28,37H,14,17-20H2,1-3H3,(H,33,38)(H,34,39)/t26-,27-,28+,46?/m0/s1. The van der Waals surface area contributed by atoms with E-state index in [2.05, 4.69) is 10.6 Å². The van der Waals surface area contributed by atoms with E-state index in [1.165, 1.54) is 34.5 Å². The lowest BCUT2D eigenvalue weighted by Crippen LogP contribution is -2.54. The summed E-state index contributed by atoms with van der Waals surface area (Å²) < 4.78 is 56.6. The van der Waals surface area contributed by atoms with Gasteiger partial charge < -0.3 is 25.2 Å². The van der Waals surface area contributed by atoms with E-state index in [0.717, 1.165) is 5.56 Å². The zero-order valence-electron chi connectivity index (χ0n) is 26.2. The molecule has 3 aromatic rings. The number of sulfonamides is 1. The number of aliphatic hydroxyl groups excluding tert-OH is 1. The van der Waals surface area contributed by atoms with Crippen LogP contribution in [0.5, 0.6) is 11.5 Å². The Morgan fingerprint density at radius 3 is 2.55 bits per heavy atom. The van der Waals surface area contributed by atoms with Gasteiger partial charge in [0.05, 0.1) is 35.6 Å². The average Bonchev–Trinajstić information content (AvgIpc) is 3.70. The van der Waals surface area contributed by atoms with E-state index in [-0.39, 0.29) is 43.7 Å². The molecule has 47 heavy (non-hydrogen) atoms. The highest BCUT2D eigenvalue weighted by molar-refractivity contribution is 7.89. The van der Waals surface area contributed by atoms with Crippen LogP contribution in [0.4, 0.5) is 10.5 Å². The fourth-order valence-corrected chi connectivity index (χ4v) is 7.63. The monoisotopic (exact) mass is 686 g/mol. The number of anilines is 1. The number of nitrogens with zero attached hydrogens (tertiary/aromatic N) is 2. The maximum Gasteiger partial charge on any atom is 0.322 e. The number of rotatable bonds is 14. The average molecular weight is 687 g/mol. The van der Waals surface area contributed by atoms with E-state index in [4.69, 9.17) is 13.7 Å². The van der Waals surface area contributed by atoms with Gasteiger partial charge in [0.2, 0.25) is 22.7 Å². The number of aliphatic hydroxyl groups is 1. The molecule has 1 saturated heterocycles. The molecule has 2 heterocycles. The molecule has 15 heteroatoms. The van der Waals surface area contributed by atoms with Crippen LogP contribution < -0.4 is 25.0 Å². The topological polar surface area (TPSA) is 164 Å². The highest BCUT2D eigenvalue weighted by Gasteiger charge is 2.37. The third kappa shape index (κ3) is 8.11. The van der Waals surface area contributed by atoms with Crippen LogP contribution in [0.15, 0.2) is 82.6 Å². The van der Waals surface area contributed by atoms with Gasteiger partial charge in [-0.25, -0.2) is 17.4 Å². The SMILES string of the molecule is COS(=O)c1cccc(N2C[C@@H](C(=O)N[C@@H](Cc3ccccc3)[C@H](O)CN(CC(C)C)S(=O)(=O)c3ccc4c(c3)OCO4)NC2=O)c1. The Bertz CT molecular complexity index is 1720. The van der Waals surface area contributed by atoms with Gasteiger partial charge in [0.25, 0.3) is 0 Å². The molecule has 1 unspecified atom stereocenters. The molecule has 0 aromatic heterocycles. The number of carbonyl (C=O) groups is 2. The summed E-state index contributed by atoms with van der Waals surface area (Å²) in [4.78, 5) is 28.2. The van der Waals surface area contributed by atoms with Crippen LogP contribution in [-0.2, 0) is 36.5 Å². The molecular formula is C32H38N4O9S2. The lowest BCUT2D eigenvalue weighted by Gasteiger charge is -2.31. The summed E-state index contributed by atoms with van der Waals surface area (Å²) in [5.74, 6) is 0.135. The van der Waals surface area contributed by atoms with E-state index in [1.54, 1.807) is 24.3 Å². The van der Waals surface area contributed by atoms with Crippen molar-refractivity contribution in [3.63, 3.8) is 0 Å². The molecule has 252 valence electrons. The summed E-state index contributed by atoms with van der Waals surface area (Å²) >= 11 is -1.71. The first-order valence-corrected chi connectivity index (χ1v) is 17.5. The second kappa shape index (κ2) is 14.8. The molecule has 3 N–H and O–H groups in total.